The zero-order valence-corrected chi connectivity index (χ0v) is 17.2. The van der Waals surface area contributed by atoms with Gasteiger partial charge in [0, 0.05) is 30.6 Å². The van der Waals surface area contributed by atoms with Crippen molar-refractivity contribution in [2.24, 2.45) is 0 Å². The highest BCUT2D eigenvalue weighted by molar-refractivity contribution is 7.89. The zero-order valence-electron chi connectivity index (χ0n) is 15.6. The van der Waals surface area contributed by atoms with Gasteiger partial charge in [0.05, 0.1) is 15.5 Å². The summed E-state index contributed by atoms with van der Waals surface area (Å²) in [6.45, 7) is 0. The van der Waals surface area contributed by atoms with Crippen molar-refractivity contribution >= 4 is 55.2 Å². The lowest BCUT2D eigenvalue weighted by Gasteiger charge is -2.13. The fraction of sp³-hybridized carbons (Fsp3) is 0.0952. The summed E-state index contributed by atoms with van der Waals surface area (Å²) < 4.78 is 31.6. The largest absolute Gasteiger partial charge is 0.456 e. The van der Waals surface area contributed by atoms with Crippen molar-refractivity contribution in [3.63, 3.8) is 0 Å². The molecule has 0 radical (unpaired) electrons. The molecular formula is C21H17ClN2O4S. The number of hydrogen-bond donors (Lipinski definition) is 1. The minimum atomic E-state index is -3.69. The average molecular weight is 429 g/mol. The van der Waals surface area contributed by atoms with E-state index >= 15 is 0 Å². The first-order valence-electron chi connectivity index (χ1n) is 8.72. The Morgan fingerprint density at radius 1 is 0.966 bits per heavy atom. The molecule has 0 unspecified atom stereocenters. The van der Waals surface area contributed by atoms with Crippen LogP contribution in [0.1, 0.15) is 10.4 Å². The Morgan fingerprint density at radius 2 is 1.69 bits per heavy atom. The number of amides is 1. The van der Waals surface area contributed by atoms with Gasteiger partial charge in [-0.3, -0.25) is 4.79 Å². The van der Waals surface area contributed by atoms with Crippen molar-refractivity contribution in [3.8, 4) is 0 Å². The molecule has 3 aromatic carbocycles. The number of sulfonamides is 1. The number of anilines is 1. The molecule has 1 amide bonds. The lowest BCUT2D eigenvalue weighted by Crippen LogP contribution is -2.23. The highest BCUT2D eigenvalue weighted by Gasteiger charge is 2.21. The summed E-state index contributed by atoms with van der Waals surface area (Å²) in [7, 11) is -0.836. The molecule has 29 heavy (non-hydrogen) atoms. The van der Waals surface area contributed by atoms with Crippen LogP contribution in [0.25, 0.3) is 21.9 Å². The van der Waals surface area contributed by atoms with E-state index in [2.05, 4.69) is 5.32 Å². The predicted molar refractivity (Wildman–Crippen MR) is 114 cm³/mol. The van der Waals surface area contributed by atoms with Gasteiger partial charge in [-0.25, -0.2) is 12.7 Å². The third-order valence-electron chi connectivity index (χ3n) is 4.60. The van der Waals surface area contributed by atoms with Crippen LogP contribution in [0, 0.1) is 0 Å². The standard InChI is InChI=1S/C21H17ClN2O4S/c1-24(2)29(26,27)14-8-9-18(22)17(12-14)21(25)23-13-7-10-20-16(11-13)15-5-3-4-6-19(15)28-20/h3-12H,1-2H3,(H,23,25). The molecule has 0 bridgehead atoms. The van der Waals surface area contributed by atoms with E-state index in [1.165, 1.54) is 32.3 Å². The van der Waals surface area contributed by atoms with Crippen molar-refractivity contribution < 1.29 is 17.6 Å². The number of carbonyl (C=O) groups is 1. The number of halogens is 1. The van der Waals surface area contributed by atoms with E-state index in [-0.39, 0.29) is 15.5 Å². The number of rotatable bonds is 4. The molecule has 8 heteroatoms. The zero-order chi connectivity index (χ0) is 20.8. The third kappa shape index (κ3) is 3.48. The fourth-order valence-corrected chi connectivity index (χ4v) is 4.18. The fourth-order valence-electron chi connectivity index (χ4n) is 3.05. The third-order valence-corrected chi connectivity index (χ3v) is 6.74. The molecule has 0 fully saturated rings. The smallest absolute Gasteiger partial charge is 0.257 e. The molecule has 0 saturated carbocycles. The Labute approximate surface area is 172 Å². The van der Waals surface area contributed by atoms with Crippen LogP contribution in [0.4, 0.5) is 5.69 Å². The molecule has 0 aliphatic carbocycles. The lowest BCUT2D eigenvalue weighted by atomic mass is 10.1. The summed E-state index contributed by atoms with van der Waals surface area (Å²) in [4.78, 5) is 12.8. The number of carbonyl (C=O) groups excluding carboxylic acids is 1. The molecule has 4 rings (SSSR count). The van der Waals surface area contributed by atoms with E-state index in [1.54, 1.807) is 12.1 Å². The van der Waals surface area contributed by atoms with Gasteiger partial charge >= 0.3 is 0 Å². The van der Waals surface area contributed by atoms with Crippen LogP contribution in [-0.2, 0) is 10.0 Å². The highest BCUT2D eigenvalue weighted by Crippen LogP contribution is 2.31. The molecule has 0 aliphatic rings. The van der Waals surface area contributed by atoms with Crippen LogP contribution < -0.4 is 5.32 Å². The monoisotopic (exact) mass is 428 g/mol. The minimum absolute atomic E-state index is 0.00618. The highest BCUT2D eigenvalue weighted by atomic mass is 35.5. The minimum Gasteiger partial charge on any atom is -0.456 e. The van der Waals surface area contributed by atoms with Crippen LogP contribution >= 0.6 is 11.6 Å². The summed E-state index contributed by atoms with van der Waals surface area (Å²) in [5.74, 6) is -0.502. The Bertz CT molecular complexity index is 1360. The number of benzene rings is 3. The van der Waals surface area contributed by atoms with Gasteiger partial charge in [-0.1, -0.05) is 29.8 Å². The van der Waals surface area contributed by atoms with E-state index in [1.807, 2.05) is 30.3 Å². The van der Waals surface area contributed by atoms with Crippen LogP contribution in [0.15, 0.2) is 70.0 Å². The first-order valence-corrected chi connectivity index (χ1v) is 10.5. The number of nitrogens with zero attached hydrogens (tertiary/aromatic N) is 1. The second-order valence-corrected chi connectivity index (χ2v) is 9.25. The molecule has 4 aromatic rings. The molecule has 0 aliphatic heterocycles. The Morgan fingerprint density at radius 3 is 2.45 bits per heavy atom. The molecular weight excluding hydrogens is 412 g/mol. The molecule has 6 nitrogen and oxygen atoms in total. The Balaban J connectivity index is 1.70. The van der Waals surface area contributed by atoms with E-state index in [4.69, 9.17) is 16.0 Å². The number of furan rings is 1. The van der Waals surface area contributed by atoms with Crippen LogP contribution in [0.5, 0.6) is 0 Å². The molecule has 0 saturated heterocycles. The number of fused-ring (bicyclic) bond motifs is 3. The van der Waals surface area contributed by atoms with Crippen molar-refractivity contribution in [2.45, 2.75) is 4.90 Å². The van der Waals surface area contributed by atoms with Crippen molar-refractivity contribution in [2.75, 3.05) is 19.4 Å². The Kier molecular flexibility index (Phi) is 4.82. The van der Waals surface area contributed by atoms with Gasteiger partial charge in [-0.15, -0.1) is 0 Å². The van der Waals surface area contributed by atoms with Gasteiger partial charge in [0.25, 0.3) is 5.91 Å². The molecule has 0 atom stereocenters. The summed E-state index contributed by atoms with van der Waals surface area (Å²) >= 11 is 6.16. The van der Waals surface area contributed by atoms with Gasteiger partial charge in [-0.2, -0.15) is 0 Å². The normalized spacial score (nSPS) is 12.0. The summed E-state index contributed by atoms with van der Waals surface area (Å²) in [5, 5.41) is 4.75. The number of nitrogens with one attached hydrogen (secondary N) is 1. The average Bonchev–Trinajstić information content (AvgIpc) is 3.06. The quantitative estimate of drug-likeness (QED) is 0.509. The van der Waals surface area contributed by atoms with E-state index in [0.29, 0.717) is 11.3 Å². The SMILES string of the molecule is CN(C)S(=O)(=O)c1ccc(Cl)c(C(=O)Nc2ccc3oc4ccccc4c3c2)c1. The summed E-state index contributed by atoms with van der Waals surface area (Å²) in [6.07, 6.45) is 0. The maximum absolute atomic E-state index is 12.8. The topological polar surface area (TPSA) is 79.6 Å². The van der Waals surface area contributed by atoms with Gasteiger partial charge < -0.3 is 9.73 Å². The molecule has 1 heterocycles. The molecule has 0 spiro atoms. The van der Waals surface area contributed by atoms with Crippen molar-refractivity contribution in [3.05, 3.63) is 71.2 Å². The van der Waals surface area contributed by atoms with Gasteiger partial charge in [0.2, 0.25) is 10.0 Å². The number of para-hydroxylation sites is 1. The van der Waals surface area contributed by atoms with E-state index < -0.39 is 15.9 Å². The second kappa shape index (κ2) is 7.18. The number of hydrogen-bond acceptors (Lipinski definition) is 4. The van der Waals surface area contributed by atoms with Crippen LogP contribution in [0.3, 0.4) is 0 Å². The maximum Gasteiger partial charge on any atom is 0.257 e. The summed E-state index contributed by atoms with van der Waals surface area (Å²) in [5.41, 5.74) is 2.09. The van der Waals surface area contributed by atoms with Crippen molar-refractivity contribution in [1.82, 2.24) is 4.31 Å². The van der Waals surface area contributed by atoms with Crippen LogP contribution in [0.2, 0.25) is 5.02 Å². The first kappa shape index (κ1) is 19.4. The lowest BCUT2D eigenvalue weighted by molar-refractivity contribution is 0.102. The van der Waals surface area contributed by atoms with Gasteiger partial charge in [0.1, 0.15) is 11.2 Å². The maximum atomic E-state index is 12.8. The molecule has 1 aromatic heterocycles. The van der Waals surface area contributed by atoms with E-state index in [0.717, 1.165) is 20.7 Å². The first-order chi connectivity index (χ1) is 13.8. The van der Waals surface area contributed by atoms with E-state index in [9.17, 15) is 13.2 Å². The van der Waals surface area contributed by atoms with Crippen molar-refractivity contribution in [1.29, 1.82) is 0 Å². The molecule has 1 N–H and O–H groups in total. The Hall–Kier alpha value is -2.87. The summed E-state index contributed by atoms with van der Waals surface area (Å²) in [6, 6.07) is 17.0. The molecule has 148 valence electrons. The second-order valence-electron chi connectivity index (χ2n) is 6.69. The predicted octanol–water partition coefficient (Wildman–Crippen LogP) is 4.74. The van der Waals surface area contributed by atoms with Crippen LogP contribution in [-0.4, -0.2) is 32.7 Å². The van der Waals surface area contributed by atoms with Gasteiger partial charge in [0.15, 0.2) is 0 Å². The van der Waals surface area contributed by atoms with Gasteiger partial charge in [-0.05, 0) is 42.5 Å².